The van der Waals surface area contributed by atoms with Gasteiger partial charge in [-0.25, -0.2) is 8.78 Å². The normalized spacial score (nSPS) is 11.6. The maximum Gasteiger partial charge on any atom is 0.155 e. The van der Waals surface area contributed by atoms with E-state index in [0.717, 1.165) is 116 Å². The molecule has 0 atom stereocenters. The Hall–Kier alpha value is -10.6. The van der Waals surface area contributed by atoms with Crippen molar-refractivity contribution in [2.75, 3.05) is 9.80 Å². The first kappa shape index (κ1) is 47.6. The van der Waals surface area contributed by atoms with Crippen LogP contribution < -0.4 is 9.80 Å². The molecular formula is C76H48F2N2O. The fraction of sp³-hybridized carbons (Fsp3) is 0. The Labute approximate surface area is 467 Å². The van der Waals surface area contributed by atoms with Crippen LogP contribution in [-0.4, -0.2) is 0 Å². The number of anilines is 6. The number of furan rings is 1. The minimum absolute atomic E-state index is 0.330. The Morgan fingerprint density at radius 2 is 0.716 bits per heavy atom. The highest BCUT2D eigenvalue weighted by atomic mass is 19.1. The van der Waals surface area contributed by atoms with Crippen molar-refractivity contribution in [3.05, 3.63) is 303 Å². The lowest BCUT2D eigenvalue weighted by atomic mass is 9.94. The number of fused-ring (bicyclic) bond motifs is 10. The number of rotatable bonds is 10. The molecule has 0 saturated heterocycles. The Kier molecular flexibility index (Phi) is 11.6. The largest absolute Gasteiger partial charge is 0.455 e. The van der Waals surface area contributed by atoms with E-state index in [1.54, 1.807) is 0 Å². The van der Waals surface area contributed by atoms with Crippen LogP contribution in [0, 0.1) is 11.6 Å². The van der Waals surface area contributed by atoms with E-state index < -0.39 is 0 Å². The zero-order valence-electron chi connectivity index (χ0n) is 43.8. The highest BCUT2D eigenvalue weighted by Gasteiger charge is 2.26. The van der Waals surface area contributed by atoms with Crippen LogP contribution in [-0.2, 0) is 0 Å². The summed E-state index contributed by atoms with van der Waals surface area (Å²) in [7, 11) is 0. The highest BCUT2D eigenvalue weighted by molar-refractivity contribution is 6.30. The topological polar surface area (TPSA) is 19.6 Å². The Morgan fingerprint density at radius 1 is 0.259 bits per heavy atom. The minimum atomic E-state index is -0.341. The van der Waals surface area contributed by atoms with Crippen molar-refractivity contribution in [3.8, 4) is 44.5 Å². The van der Waals surface area contributed by atoms with Gasteiger partial charge in [0, 0.05) is 56.1 Å². The Morgan fingerprint density at radius 3 is 1.35 bits per heavy atom. The van der Waals surface area contributed by atoms with Crippen molar-refractivity contribution in [2.45, 2.75) is 0 Å². The molecule has 15 rings (SSSR count). The average molecular weight is 1040 g/mol. The molecule has 0 radical (unpaired) electrons. The van der Waals surface area contributed by atoms with Crippen molar-refractivity contribution >= 4 is 99.2 Å². The summed E-state index contributed by atoms with van der Waals surface area (Å²) in [4.78, 5) is 4.05. The van der Waals surface area contributed by atoms with Gasteiger partial charge in [0.2, 0.25) is 0 Å². The summed E-state index contributed by atoms with van der Waals surface area (Å²) in [6, 6.07) is 97.9. The van der Waals surface area contributed by atoms with Crippen molar-refractivity contribution in [2.24, 2.45) is 0 Å². The van der Waals surface area contributed by atoms with Crippen LogP contribution in [0.25, 0.3) is 110 Å². The van der Waals surface area contributed by atoms with Crippen LogP contribution in [0.4, 0.5) is 42.9 Å². The molecule has 81 heavy (non-hydrogen) atoms. The molecule has 1 aromatic heterocycles. The number of hydrogen-bond donors (Lipinski definition) is 0. The second-order valence-corrected chi connectivity index (χ2v) is 20.7. The fourth-order valence-corrected chi connectivity index (χ4v) is 12.0. The minimum Gasteiger partial charge on any atom is -0.455 e. The maximum atomic E-state index is 18.0. The highest BCUT2D eigenvalue weighted by Crippen LogP contribution is 2.49. The third-order valence-corrected chi connectivity index (χ3v) is 15.9. The van der Waals surface area contributed by atoms with Gasteiger partial charge < -0.3 is 14.2 Å². The van der Waals surface area contributed by atoms with E-state index >= 15 is 8.78 Å². The van der Waals surface area contributed by atoms with Gasteiger partial charge in [-0.1, -0.05) is 200 Å². The van der Waals surface area contributed by atoms with Gasteiger partial charge in [-0.05, 0) is 156 Å². The molecule has 15 aromatic rings. The van der Waals surface area contributed by atoms with Gasteiger partial charge in [-0.2, -0.15) is 0 Å². The first-order valence-corrected chi connectivity index (χ1v) is 27.3. The molecule has 1 heterocycles. The Bertz CT molecular complexity index is 4910. The number of benzene rings is 14. The Balaban J connectivity index is 0.933. The molecular weight excluding hydrogens is 995 g/mol. The first-order valence-electron chi connectivity index (χ1n) is 27.3. The summed E-state index contributed by atoms with van der Waals surface area (Å²) in [6.07, 6.45) is 0. The third kappa shape index (κ3) is 8.34. The quantitative estimate of drug-likeness (QED) is 0.127. The molecule has 0 saturated carbocycles. The van der Waals surface area contributed by atoms with Crippen LogP contribution in [0.5, 0.6) is 0 Å². The summed E-state index contributed by atoms with van der Waals surface area (Å²) >= 11 is 0. The molecule has 0 aliphatic carbocycles. The van der Waals surface area contributed by atoms with E-state index in [2.05, 4.69) is 138 Å². The second-order valence-electron chi connectivity index (χ2n) is 20.7. The lowest BCUT2D eigenvalue weighted by molar-refractivity contribution is 0.632. The van der Waals surface area contributed by atoms with E-state index in [1.165, 1.54) is 0 Å². The zero-order valence-corrected chi connectivity index (χ0v) is 43.8. The molecule has 0 amide bonds. The van der Waals surface area contributed by atoms with Gasteiger partial charge >= 0.3 is 0 Å². The van der Waals surface area contributed by atoms with Crippen LogP contribution in [0.1, 0.15) is 0 Å². The number of para-hydroxylation sites is 1. The standard InChI is InChI=1S/C76H48F2N2O/c77-74-67(53-25-9-3-10-26-53)43-57(49-19-5-1-6-20-49)46-71(74)80(60-36-35-52-24-14-16-28-55(52)42-60)61-37-39-65-69(47-61)63-31-17-18-32-64(63)73-66-40-38-62(48-72(66)81-76(65)73)79(59-29-11-4-12-30-59)70-45-58(50-21-7-2-8-22-50)44-68(75(70)78)56-34-33-51-23-13-15-27-54(51)41-56/h1-48H. The van der Waals surface area contributed by atoms with Crippen molar-refractivity contribution in [1.82, 2.24) is 0 Å². The second kappa shape index (κ2) is 19.7. The zero-order chi connectivity index (χ0) is 54.0. The van der Waals surface area contributed by atoms with E-state index in [0.29, 0.717) is 28.1 Å². The molecule has 0 fully saturated rings. The van der Waals surface area contributed by atoms with E-state index in [-0.39, 0.29) is 11.6 Å². The lowest BCUT2D eigenvalue weighted by Crippen LogP contribution is -2.13. The van der Waals surface area contributed by atoms with Crippen molar-refractivity contribution in [1.29, 1.82) is 0 Å². The smallest absolute Gasteiger partial charge is 0.155 e. The van der Waals surface area contributed by atoms with Crippen molar-refractivity contribution in [3.63, 3.8) is 0 Å². The molecule has 14 aromatic carbocycles. The summed E-state index contributed by atoms with van der Waals surface area (Å²) in [5.74, 6) is -0.671. The van der Waals surface area contributed by atoms with Gasteiger partial charge in [-0.15, -0.1) is 0 Å². The third-order valence-electron chi connectivity index (χ3n) is 15.9. The van der Waals surface area contributed by atoms with Gasteiger partial charge in [0.15, 0.2) is 11.6 Å². The van der Waals surface area contributed by atoms with Gasteiger partial charge in [0.05, 0.1) is 11.4 Å². The van der Waals surface area contributed by atoms with Gasteiger partial charge in [0.1, 0.15) is 11.2 Å². The van der Waals surface area contributed by atoms with E-state index in [9.17, 15) is 0 Å². The maximum absolute atomic E-state index is 18.0. The molecule has 0 aliphatic heterocycles. The molecule has 0 N–H and O–H groups in total. The lowest BCUT2D eigenvalue weighted by Gasteiger charge is -2.28. The van der Waals surface area contributed by atoms with Crippen LogP contribution in [0.15, 0.2) is 296 Å². The van der Waals surface area contributed by atoms with Crippen molar-refractivity contribution < 1.29 is 13.2 Å². The predicted octanol–water partition coefficient (Wildman–Crippen LogP) is 22.1. The number of halogens is 2. The molecule has 0 bridgehead atoms. The average Bonchev–Trinajstić information content (AvgIpc) is 4.12. The summed E-state index contributed by atoms with van der Waals surface area (Å²) in [6.45, 7) is 0. The van der Waals surface area contributed by atoms with E-state index in [4.69, 9.17) is 4.42 Å². The monoisotopic (exact) mass is 1040 g/mol. The first-order chi connectivity index (χ1) is 40.0. The van der Waals surface area contributed by atoms with E-state index in [1.807, 2.05) is 163 Å². The molecule has 3 nitrogen and oxygen atoms in total. The molecule has 382 valence electrons. The summed E-state index contributed by atoms with van der Waals surface area (Å²) < 4.78 is 43.2. The molecule has 5 heteroatoms. The fourth-order valence-electron chi connectivity index (χ4n) is 12.0. The SMILES string of the molecule is Fc1c(-c2ccc3ccccc3c2)cc(-c2ccccc2)cc1N(c1ccccc1)c1ccc2c(c1)oc1c3ccc(N(c4ccc5ccccc5c4)c4cc(-c5ccccc5)cc(-c5ccccc5)c4F)cc3c3ccccc3c21. The molecule has 0 unspecified atom stereocenters. The van der Waals surface area contributed by atoms with Crippen LogP contribution >= 0.6 is 0 Å². The predicted molar refractivity (Wildman–Crippen MR) is 335 cm³/mol. The van der Waals surface area contributed by atoms with Crippen LogP contribution in [0.2, 0.25) is 0 Å². The number of nitrogens with zero attached hydrogens (tertiary/aromatic N) is 2. The molecule has 0 aliphatic rings. The van der Waals surface area contributed by atoms with Crippen LogP contribution in [0.3, 0.4) is 0 Å². The molecule has 0 spiro atoms. The van der Waals surface area contributed by atoms with Gasteiger partial charge in [-0.3, -0.25) is 0 Å². The van der Waals surface area contributed by atoms with Gasteiger partial charge in [0.25, 0.3) is 0 Å². The summed E-state index contributed by atoms with van der Waals surface area (Å²) in [5.41, 5.74) is 11.7. The number of hydrogen-bond acceptors (Lipinski definition) is 3. The summed E-state index contributed by atoms with van der Waals surface area (Å²) in [5, 5.41) is 10.1.